The molecule has 0 amide bonds. The number of nitrogens with zero attached hydrogens (tertiary/aromatic N) is 5. The highest BCUT2D eigenvalue weighted by Gasteiger charge is 2.20. The standard InChI is InChI=1S/C51H31N5O/c1-2-13-32(14-3-1)49-52-50(54-51(53-49)56-44-22-9-5-17-37(44)38-18-6-10-23-45(38)56)35-26-27-40-39-19-4-8-21-43(39)55(46(40)30-35)36-16-12-15-33(29-36)34-25-28-42-41-20-7-11-24-47(41)57-48(42)31-34/h1-31H. The molecule has 0 atom stereocenters. The van der Waals surface area contributed by atoms with E-state index in [0.29, 0.717) is 17.6 Å². The zero-order valence-electron chi connectivity index (χ0n) is 30.5. The van der Waals surface area contributed by atoms with E-state index in [1.54, 1.807) is 0 Å². The van der Waals surface area contributed by atoms with Crippen molar-refractivity contribution in [3.63, 3.8) is 0 Å². The molecule has 0 saturated carbocycles. The molecule has 0 spiro atoms. The SMILES string of the molecule is c1ccc(-c2nc(-c3ccc4c5ccccc5n(-c5cccc(-c6ccc7c(c6)oc6ccccc67)c5)c4c3)nc(-n3c4ccccc4c4ccccc43)n2)cc1. The zero-order chi connectivity index (χ0) is 37.5. The van der Waals surface area contributed by atoms with Crippen molar-refractivity contribution in [2.75, 3.05) is 0 Å². The molecular weight excluding hydrogens is 699 g/mol. The summed E-state index contributed by atoms with van der Waals surface area (Å²) in [6, 6.07) is 65.7. The van der Waals surface area contributed by atoms with Gasteiger partial charge in [-0.1, -0.05) is 133 Å². The summed E-state index contributed by atoms with van der Waals surface area (Å²) in [5.41, 5.74) is 11.2. The van der Waals surface area contributed by atoms with Gasteiger partial charge in [-0.2, -0.15) is 9.97 Å². The maximum Gasteiger partial charge on any atom is 0.238 e. The van der Waals surface area contributed by atoms with Crippen LogP contribution >= 0.6 is 0 Å². The van der Waals surface area contributed by atoms with Crippen LogP contribution in [0.25, 0.3) is 111 Å². The number of aromatic nitrogens is 5. The minimum absolute atomic E-state index is 0.575. The smallest absolute Gasteiger partial charge is 0.238 e. The first-order valence-electron chi connectivity index (χ1n) is 19.1. The first-order valence-corrected chi connectivity index (χ1v) is 19.1. The van der Waals surface area contributed by atoms with Gasteiger partial charge in [-0.3, -0.25) is 4.57 Å². The summed E-state index contributed by atoms with van der Waals surface area (Å²) in [6.07, 6.45) is 0. The lowest BCUT2D eigenvalue weighted by molar-refractivity contribution is 0.669. The number of benzene rings is 8. The fourth-order valence-corrected chi connectivity index (χ4v) is 8.57. The van der Waals surface area contributed by atoms with Gasteiger partial charge in [0.15, 0.2) is 11.6 Å². The molecule has 8 aromatic carbocycles. The lowest BCUT2D eigenvalue weighted by Crippen LogP contribution is -2.06. The fourth-order valence-electron chi connectivity index (χ4n) is 8.57. The van der Waals surface area contributed by atoms with Crippen molar-refractivity contribution in [1.29, 1.82) is 0 Å². The van der Waals surface area contributed by atoms with E-state index >= 15 is 0 Å². The molecule has 0 saturated heterocycles. The largest absolute Gasteiger partial charge is 0.456 e. The molecule has 12 aromatic rings. The normalized spacial score (nSPS) is 11.9. The average molecular weight is 730 g/mol. The van der Waals surface area contributed by atoms with E-state index in [9.17, 15) is 0 Å². The molecule has 266 valence electrons. The van der Waals surface area contributed by atoms with Gasteiger partial charge >= 0.3 is 0 Å². The van der Waals surface area contributed by atoms with Crippen LogP contribution in [0.3, 0.4) is 0 Å². The molecule has 12 rings (SSSR count). The Morgan fingerprint density at radius 1 is 0.316 bits per heavy atom. The molecular formula is C51H31N5O. The van der Waals surface area contributed by atoms with Crippen LogP contribution in [0.2, 0.25) is 0 Å². The molecule has 0 aliphatic heterocycles. The van der Waals surface area contributed by atoms with E-state index in [0.717, 1.165) is 88.1 Å². The molecule has 4 aromatic heterocycles. The Balaban J connectivity index is 1.06. The van der Waals surface area contributed by atoms with Crippen molar-refractivity contribution in [2.45, 2.75) is 0 Å². The summed E-state index contributed by atoms with van der Waals surface area (Å²) < 4.78 is 10.8. The summed E-state index contributed by atoms with van der Waals surface area (Å²) in [6.45, 7) is 0. The van der Waals surface area contributed by atoms with Crippen LogP contribution in [0, 0.1) is 0 Å². The van der Waals surface area contributed by atoms with Crippen molar-refractivity contribution in [3.05, 3.63) is 188 Å². The Morgan fingerprint density at radius 2 is 0.842 bits per heavy atom. The van der Waals surface area contributed by atoms with Crippen molar-refractivity contribution in [2.24, 2.45) is 0 Å². The molecule has 0 fully saturated rings. The molecule has 0 bridgehead atoms. The Kier molecular flexibility index (Phi) is 6.83. The Labute approximate surface area is 326 Å². The van der Waals surface area contributed by atoms with Crippen LogP contribution in [0.15, 0.2) is 192 Å². The predicted octanol–water partition coefficient (Wildman–Crippen LogP) is 13.0. The number of para-hydroxylation sites is 4. The Morgan fingerprint density at radius 3 is 1.58 bits per heavy atom. The maximum atomic E-state index is 6.28. The quantitative estimate of drug-likeness (QED) is 0.177. The molecule has 0 unspecified atom stereocenters. The van der Waals surface area contributed by atoms with Crippen LogP contribution in [0.1, 0.15) is 0 Å². The maximum absolute atomic E-state index is 6.28. The number of furan rings is 1. The van der Waals surface area contributed by atoms with E-state index < -0.39 is 0 Å². The van der Waals surface area contributed by atoms with Gasteiger partial charge in [-0.05, 0) is 65.7 Å². The third-order valence-corrected chi connectivity index (χ3v) is 11.2. The summed E-state index contributed by atoms with van der Waals surface area (Å²) in [5, 5.41) is 6.90. The molecule has 6 heteroatoms. The highest BCUT2D eigenvalue weighted by molar-refractivity contribution is 6.11. The van der Waals surface area contributed by atoms with Crippen LogP contribution in [-0.2, 0) is 0 Å². The first-order chi connectivity index (χ1) is 28.2. The summed E-state index contributed by atoms with van der Waals surface area (Å²) in [7, 11) is 0. The Bertz CT molecular complexity index is 3490. The van der Waals surface area contributed by atoms with Gasteiger partial charge in [-0.15, -0.1) is 0 Å². The van der Waals surface area contributed by atoms with Gasteiger partial charge in [0.1, 0.15) is 11.2 Å². The third kappa shape index (κ3) is 4.94. The first kappa shape index (κ1) is 31.5. The van der Waals surface area contributed by atoms with Crippen LogP contribution in [0.5, 0.6) is 0 Å². The third-order valence-electron chi connectivity index (χ3n) is 11.2. The van der Waals surface area contributed by atoms with Crippen LogP contribution in [0.4, 0.5) is 0 Å². The second kappa shape index (κ2) is 12.3. The number of rotatable bonds is 5. The van der Waals surface area contributed by atoms with Crippen molar-refractivity contribution >= 4 is 65.6 Å². The molecule has 57 heavy (non-hydrogen) atoms. The lowest BCUT2D eigenvalue weighted by atomic mass is 10.0. The number of hydrogen-bond donors (Lipinski definition) is 0. The summed E-state index contributed by atoms with van der Waals surface area (Å²) in [4.78, 5) is 15.5. The molecule has 0 N–H and O–H groups in total. The van der Waals surface area contributed by atoms with E-state index in [-0.39, 0.29) is 0 Å². The average Bonchev–Trinajstić information content (AvgIpc) is 3.94. The van der Waals surface area contributed by atoms with E-state index in [2.05, 4.69) is 167 Å². The highest BCUT2D eigenvalue weighted by Crippen LogP contribution is 2.38. The van der Waals surface area contributed by atoms with Gasteiger partial charge in [0, 0.05) is 49.1 Å². The lowest BCUT2D eigenvalue weighted by Gasteiger charge is -2.12. The van der Waals surface area contributed by atoms with Gasteiger partial charge in [0.2, 0.25) is 5.95 Å². The minimum Gasteiger partial charge on any atom is -0.456 e. The van der Waals surface area contributed by atoms with Crippen LogP contribution < -0.4 is 0 Å². The van der Waals surface area contributed by atoms with Crippen molar-refractivity contribution < 1.29 is 4.42 Å². The molecule has 0 aliphatic carbocycles. The number of fused-ring (bicyclic) bond motifs is 9. The van der Waals surface area contributed by atoms with Gasteiger partial charge in [0.25, 0.3) is 0 Å². The van der Waals surface area contributed by atoms with Gasteiger partial charge in [-0.25, -0.2) is 4.98 Å². The van der Waals surface area contributed by atoms with Crippen LogP contribution in [-0.4, -0.2) is 24.1 Å². The van der Waals surface area contributed by atoms with Crippen molar-refractivity contribution in [1.82, 2.24) is 24.1 Å². The monoisotopic (exact) mass is 729 g/mol. The van der Waals surface area contributed by atoms with Crippen molar-refractivity contribution in [3.8, 4) is 45.5 Å². The van der Waals surface area contributed by atoms with Gasteiger partial charge < -0.3 is 8.98 Å². The highest BCUT2D eigenvalue weighted by atomic mass is 16.3. The molecule has 0 radical (unpaired) electrons. The Hall–Kier alpha value is -7.83. The van der Waals surface area contributed by atoms with E-state index in [1.165, 1.54) is 5.39 Å². The summed E-state index contributed by atoms with van der Waals surface area (Å²) >= 11 is 0. The topological polar surface area (TPSA) is 61.7 Å². The summed E-state index contributed by atoms with van der Waals surface area (Å²) in [5.74, 6) is 1.80. The van der Waals surface area contributed by atoms with Gasteiger partial charge in [0.05, 0.1) is 22.1 Å². The molecule has 6 nitrogen and oxygen atoms in total. The number of hydrogen-bond acceptors (Lipinski definition) is 4. The van der Waals surface area contributed by atoms with E-state index in [4.69, 9.17) is 19.4 Å². The van der Waals surface area contributed by atoms with E-state index in [1.807, 2.05) is 30.3 Å². The second-order valence-electron chi connectivity index (χ2n) is 14.5. The second-order valence-corrected chi connectivity index (χ2v) is 14.5. The predicted molar refractivity (Wildman–Crippen MR) is 232 cm³/mol. The zero-order valence-corrected chi connectivity index (χ0v) is 30.5. The molecule has 0 aliphatic rings. The molecule has 4 heterocycles. The minimum atomic E-state index is 0.575. The fraction of sp³-hybridized carbons (Fsp3) is 0.